The first-order valence-corrected chi connectivity index (χ1v) is 10.2. The topological polar surface area (TPSA) is 105 Å². The van der Waals surface area contributed by atoms with E-state index in [1.165, 1.54) is 12.3 Å². The molecule has 3 rings (SSSR count). The van der Waals surface area contributed by atoms with Crippen molar-refractivity contribution in [2.24, 2.45) is 0 Å². The molecule has 0 aliphatic heterocycles. The third-order valence-corrected chi connectivity index (χ3v) is 7.31. The number of thiophene rings is 1. The highest BCUT2D eigenvalue weighted by Crippen LogP contribution is 2.30. The summed E-state index contributed by atoms with van der Waals surface area (Å²) in [6, 6.07) is 6.50. The number of nitrogens with zero attached hydrogens (tertiary/aromatic N) is 1. The van der Waals surface area contributed by atoms with E-state index in [0.717, 1.165) is 24.2 Å². The summed E-state index contributed by atoms with van der Waals surface area (Å²) in [6.45, 7) is -0.206. The van der Waals surface area contributed by atoms with Crippen molar-refractivity contribution in [1.82, 2.24) is 15.6 Å². The van der Waals surface area contributed by atoms with Gasteiger partial charge in [-0.1, -0.05) is 12.1 Å². The first-order chi connectivity index (χ1) is 12.0. The largest absolute Gasteiger partial charge is 0.346 e. The van der Waals surface area contributed by atoms with Gasteiger partial charge >= 0.3 is 11.8 Å². The van der Waals surface area contributed by atoms with Crippen LogP contribution in [0.2, 0.25) is 0 Å². The molecule has 1 saturated carbocycles. The first kappa shape index (κ1) is 17.6. The molecule has 2 heterocycles. The number of amides is 2. The molecule has 0 radical (unpaired) electrons. The molecule has 7 nitrogen and oxygen atoms in total. The van der Waals surface area contributed by atoms with Crippen LogP contribution in [-0.2, 0) is 19.4 Å². The Bertz CT molecular complexity index is 847. The number of nitrogens with one attached hydrogen (secondary N) is 2. The molecule has 0 bridgehead atoms. The van der Waals surface area contributed by atoms with Crippen LogP contribution in [0.5, 0.6) is 0 Å². The normalized spacial score (nSPS) is 15.4. The van der Waals surface area contributed by atoms with Gasteiger partial charge in [-0.25, -0.2) is 8.42 Å². The molecular weight excluding hydrogens is 362 g/mol. The lowest BCUT2D eigenvalue weighted by atomic mass is 10.2. The van der Waals surface area contributed by atoms with Crippen LogP contribution < -0.4 is 10.6 Å². The number of rotatable bonds is 6. The molecule has 0 aromatic carbocycles. The second kappa shape index (κ2) is 7.32. The highest BCUT2D eigenvalue weighted by atomic mass is 32.2. The third kappa shape index (κ3) is 4.23. The Balaban J connectivity index is 1.77. The summed E-state index contributed by atoms with van der Waals surface area (Å²) in [6.07, 6.45) is 4.72. The molecule has 0 spiro atoms. The van der Waals surface area contributed by atoms with Crippen LogP contribution in [-0.4, -0.2) is 37.8 Å². The highest BCUT2D eigenvalue weighted by Gasteiger charge is 2.32. The molecule has 1 aliphatic carbocycles. The molecular formula is C16H17N3O4S2. The van der Waals surface area contributed by atoms with E-state index in [-0.39, 0.29) is 16.8 Å². The number of aromatic nitrogens is 1. The van der Waals surface area contributed by atoms with E-state index in [4.69, 9.17) is 0 Å². The Morgan fingerprint density at radius 3 is 2.64 bits per heavy atom. The van der Waals surface area contributed by atoms with Crippen molar-refractivity contribution in [2.45, 2.75) is 28.3 Å². The Hall–Kier alpha value is -2.26. The molecule has 1 aliphatic rings. The maximum Gasteiger partial charge on any atom is 0.309 e. The lowest BCUT2D eigenvalue weighted by molar-refractivity contribution is -0.139. The fraction of sp³-hybridized carbons (Fsp3) is 0.312. The zero-order valence-electron chi connectivity index (χ0n) is 13.2. The lowest BCUT2D eigenvalue weighted by Crippen LogP contribution is -2.43. The lowest BCUT2D eigenvalue weighted by Gasteiger charge is -2.17. The first-order valence-electron chi connectivity index (χ1n) is 7.74. The monoisotopic (exact) mass is 379 g/mol. The van der Waals surface area contributed by atoms with Crippen LogP contribution in [0.1, 0.15) is 23.7 Å². The molecule has 0 saturated heterocycles. The fourth-order valence-corrected chi connectivity index (χ4v) is 5.13. The van der Waals surface area contributed by atoms with Crippen molar-refractivity contribution in [3.63, 3.8) is 0 Å². The Labute approximate surface area is 149 Å². The predicted molar refractivity (Wildman–Crippen MR) is 92.7 cm³/mol. The van der Waals surface area contributed by atoms with Crippen molar-refractivity contribution < 1.29 is 18.0 Å². The van der Waals surface area contributed by atoms with Crippen molar-refractivity contribution in [3.8, 4) is 0 Å². The molecule has 2 amide bonds. The van der Waals surface area contributed by atoms with Crippen LogP contribution in [0.25, 0.3) is 0 Å². The molecule has 9 heteroatoms. The quantitative estimate of drug-likeness (QED) is 0.730. The summed E-state index contributed by atoms with van der Waals surface area (Å²) < 4.78 is 26.0. The van der Waals surface area contributed by atoms with Gasteiger partial charge in [0.2, 0.25) is 0 Å². The van der Waals surface area contributed by atoms with Crippen molar-refractivity contribution in [3.05, 3.63) is 47.6 Å². The van der Waals surface area contributed by atoms with Crippen LogP contribution in [0.4, 0.5) is 0 Å². The SMILES string of the molecule is O=C(NC[C@@H](c1cccnc1)S(=O)(=O)c1cccs1)C(=O)NC1CC1. The van der Waals surface area contributed by atoms with Crippen molar-refractivity contribution in [1.29, 1.82) is 0 Å². The summed E-state index contributed by atoms with van der Waals surface area (Å²) in [7, 11) is -3.71. The maximum atomic E-state index is 12.9. The van der Waals surface area contributed by atoms with Gasteiger partial charge in [0.15, 0.2) is 9.84 Å². The fourth-order valence-electron chi connectivity index (χ4n) is 2.28. The van der Waals surface area contributed by atoms with E-state index < -0.39 is 26.9 Å². The summed E-state index contributed by atoms with van der Waals surface area (Å²) in [5, 5.41) is 5.66. The Morgan fingerprint density at radius 1 is 1.24 bits per heavy atom. The number of hydrogen-bond acceptors (Lipinski definition) is 6. The van der Waals surface area contributed by atoms with Gasteiger partial charge in [0, 0.05) is 25.0 Å². The van der Waals surface area contributed by atoms with Crippen molar-refractivity contribution in [2.75, 3.05) is 6.54 Å². The van der Waals surface area contributed by atoms with Gasteiger partial charge in [0.05, 0.1) is 0 Å². The summed E-state index contributed by atoms with van der Waals surface area (Å²) >= 11 is 1.11. The van der Waals surface area contributed by atoms with E-state index in [9.17, 15) is 18.0 Å². The minimum atomic E-state index is -3.71. The van der Waals surface area contributed by atoms with Gasteiger partial charge < -0.3 is 10.6 Å². The summed E-state index contributed by atoms with van der Waals surface area (Å²) in [5.74, 6) is -1.57. The molecule has 1 atom stereocenters. The number of carbonyl (C=O) groups excluding carboxylic acids is 2. The third-order valence-electron chi connectivity index (χ3n) is 3.77. The van der Waals surface area contributed by atoms with Gasteiger partial charge in [0.25, 0.3) is 0 Å². The zero-order valence-corrected chi connectivity index (χ0v) is 14.8. The average molecular weight is 379 g/mol. The van der Waals surface area contributed by atoms with E-state index >= 15 is 0 Å². The van der Waals surface area contributed by atoms with E-state index in [0.29, 0.717) is 5.56 Å². The van der Waals surface area contributed by atoms with Crippen LogP contribution in [0.3, 0.4) is 0 Å². The number of carbonyl (C=O) groups is 2. The molecule has 2 aromatic rings. The van der Waals surface area contributed by atoms with E-state index in [1.54, 1.807) is 29.8 Å². The molecule has 132 valence electrons. The predicted octanol–water partition coefficient (Wildman–Crippen LogP) is 1.05. The molecule has 0 unspecified atom stereocenters. The molecule has 25 heavy (non-hydrogen) atoms. The second-order valence-corrected chi connectivity index (χ2v) is 9.01. The molecule has 2 N–H and O–H groups in total. The second-order valence-electron chi connectivity index (χ2n) is 5.71. The van der Waals surface area contributed by atoms with Gasteiger partial charge in [-0.15, -0.1) is 11.3 Å². The smallest absolute Gasteiger partial charge is 0.309 e. The Kier molecular flexibility index (Phi) is 5.14. The standard InChI is InChI=1S/C16H17N3O4S2/c20-15(16(21)19-12-5-6-12)18-10-13(11-3-1-7-17-9-11)25(22,23)14-4-2-8-24-14/h1-4,7-9,12-13H,5-6,10H2,(H,18,20)(H,19,21)/t13-/m0/s1. The minimum absolute atomic E-state index is 0.0576. The number of hydrogen-bond donors (Lipinski definition) is 2. The zero-order chi connectivity index (χ0) is 17.9. The van der Waals surface area contributed by atoms with E-state index in [1.807, 2.05) is 0 Å². The van der Waals surface area contributed by atoms with Crippen LogP contribution in [0.15, 0.2) is 46.2 Å². The van der Waals surface area contributed by atoms with Gasteiger partial charge in [-0.05, 0) is 35.9 Å². The average Bonchev–Trinajstić information content (AvgIpc) is 3.23. The van der Waals surface area contributed by atoms with Gasteiger partial charge in [-0.3, -0.25) is 14.6 Å². The summed E-state index contributed by atoms with van der Waals surface area (Å²) in [5.41, 5.74) is 0.457. The van der Waals surface area contributed by atoms with Crippen LogP contribution >= 0.6 is 11.3 Å². The highest BCUT2D eigenvalue weighted by molar-refractivity contribution is 7.93. The van der Waals surface area contributed by atoms with Crippen LogP contribution in [0, 0.1) is 0 Å². The van der Waals surface area contributed by atoms with E-state index in [2.05, 4.69) is 15.6 Å². The Morgan fingerprint density at radius 2 is 2.04 bits per heavy atom. The van der Waals surface area contributed by atoms with Gasteiger partial charge in [0.1, 0.15) is 9.46 Å². The molecule has 1 fully saturated rings. The summed E-state index contributed by atoms with van der Waals surface area (Å²) in [4.78, 5) is 27.6. The molecule has 2 aromatic heterocycles. The minimum Gasteiger partial charge on any atom is -0.346 e. The maximum absolute atomic E-state index is 12.9. The van der Waals surface area contributed by atoms with Gasteiger partial charge in [-0.2, -0.15) is 0 Å². The number of pyridine rings is 1. The number of sulfone groups is 1. The van der Waals surface area contributed by atoms with Crippen molar-refractivity contribution >= 4 is 33.0 Å².